The average Bonchev–Trinajstić information content (AvgIpc) is 3.17. The third kappa shape index (κ3) is 8.41. The van der Waals surface area contributed by atoms with Crippen LogP contribution in [0.15, 0.2) is 36.8 Å². The molecule has 2 aromatic rings. The van der Waals surface area contributed by atoms with Gasteiger partial charge in [-0.15, -0.1) is 26.3 Å². The van der Waals surface area contributed by atoms with Crippen molar-refractivity contribution in [3.05, 3.63) is 53.4 Å². The van der Waals surface area contributed by atoms with Crippen molar-refractivity contribution in [3.8, 4) is 5.75 Å². The van der Waals surface area contributed by atoms with E-state index in [2.05, 4.69) is 19.9 Å². The number of carbonyl (C=O) groups excluding carboxylic acids is 1. The van der Waals surface area contributed by atoms with E-state index in [1.807, 2.05) is 0 Å². The molecule has 13 heteroatoms. The highest BCUT2D eigenvalue weighted by molar-refractivity contribution is 5.84. The van der Waals surface area contributed by atoms with Gasteiger partial charge in [0.25, 0.3) is 0 Å². The number of hydrogen-bond acceptors (Lipinski definition) is 6. The molecular weight excluding hydrogens is 519 g/mol. The zero-order valence-corrected chi connectivity index (χ0v) is 21.6. The number of alkyl halides is 3. The number of piperidine rings is 2. The van der Waals surface area contributed by atoms with Gasteiger partial charge < -0.3 is 29.7 Å². The fourth-order valence-electron chi connectivity index (χ4n) is 5.32. The molecule has 0 radical (unpaired) electrons. The number of aliphatic hydroxyl groups excluding tert-OH is 1. The van der Waals surface area contributed by atoms with E-state index in [1.165, 1.54) is 30.7 Å². The Kier molecular flexibility index (Phi) is 9.13. The summed E-state index contributed by atoms with van der Waals surface area (Å²) in [6.45, 7) is 4.42. The van der Waals surface area contributed by atoms with Gasteiger partial charge in [0.2, 0.25) is 5.91 Å². The maximum absolute atomic E-state index is 12.4. The first-order chi connectivity index (χ1) is 18.5. The highest BCUT2D eigenvalue weighted by Gasteiger charge is 2.53. The number of halogens is 3. The molecule has 5 rings (SSSR count). The zero-order chi connectivity index (χ0) is 28.2. The number of aliphatic hydroxyl groups is 1. The topological polar surface area (TPSA) is 122 Å². The summed E-state index contributed by atoms with van der Waals surface area (Å²) in [6, 6.07) is 5.93. The maximum atomic E-state index is 12.4. The number of imidazole rings is 1. The molecule has 1 amide bonds. The van der Waals surface area contributed by atoms with Crippen molar-refractivity contribution in [2.24, 2.45) is 24.8 Å². The van der Waals surface area contributed by atoms with Gasteiger partial charge in [-0.05, 0) is 36.8 Å². The summed E-state index contributed by atoms with van der Waals surface area (Å²) in [6.07, 6.45) is -0.579. The number of likely N-dealkylation sites (tertiary alicyclic amines) is 2. The molecule has 1 saturated carbocycles. The van der Waals surface area contributed by atoms with Crippen molar-refractivity contribution in [2.75, 3.05) is 39.3 Å². The van der Waals surface area contributed by atoms with Crippen molar-refractivity contribution in [1.82, 2.24) is 19.4 Å². The molecule has 1 aromatic carbocycles. The molecule has 0 spiro atoms. The number of aromatic nitrogens is 2. The first-order valence-electron chi connectivity index (χ1n) is 12.9. The molecule has 3 aliphatic rings. The van der Waals surface area contributed by atoms with E-state index in [0.29, 0.717) is 49.5 Å². The van der Waals surface area contributed by atoms with Gasteiger partial charge in [0, 0.05) is 39.4 Å². The molecule has 3 atom stereocenters. The number of carboxylic acid groups (broad SMARTS) is 1. The number of benzene rings is 1. The molecule has 2 aliphatic heterocycles. The van der Waals surface area contributed by atoms with Gasteiger partial charge in [-0.1, -0.05) is 23.6 Å². The number of carbonyl (C=O) groups is 2. The Balaban J connectivity index is 0.000000333. The lowest BCUT2D eigenvalue weighted by atomic mass is 10.1. The summed E-state index contributed by atoms with van der Waals surface area (Å²) in [5.74, 6) is 0.484. The van der Waals surface area contributed by atoms with Crippen LogP contribution in [0.1, 0.15) is 28.9 Å². The van der Waals surface area contributed by atoms with E-state index in [9.17, 15) is 27.9 Å². The summed E-state index contributed by atoms with van der Waals surface area (Å²) in [5.41, 5.74) is 0.774. The number of amides is 1. The smallest absolute Gasteiger partial charge is 0.573 e. The molecule has 2 N–H and O–H groups in total. The third-order valence-corrected chi connectivity index (χ3v) is 7.25. The van der Waals surface area contributed by atoms with E-state index in [1.54, 1.807) is 22.6 Å². The van der Waals surface area contributed by atoms with Crippen LogP contribution in [0.4, 0.5) is 13.2 Å². The summed E-state index contributed by atoms with van der Waals surface area (Å²) in [4.78, 5) is 30.1. The van der Waals surface area contributed by atoms with Gasteiger partial charge in [-0.2, -0.15) is 0 Å². The highest BCUT2D eigenvalue weighted by atomic mass is 19.4. The van der Waals surface area contributed by atoms with Crippen LogP contribution in [0.5, 0.6) is 5.75 Å². The molecule has 39 heavy (non-hydrogen) atoms. The fraction of sp³-hybridized carbons (Fsp3) is 0.577. The molecule has 1 aliphatic carbocycles. The minimum absolute atomic E-state index is 0.0810. The van der Waals surface area contributed by atoms with Crippen LogP contribution in [0.3, 0.4) is 0 Å². The number of aryl methyl sites for hydroxylation is 1. The third-order valence-electron chi connectivity index (χ3n) is 7.25. The van der Waals surface area contributed by atoms with Gasteiger partial charge in [-0.25, -0.2) is 9.78 Å². The molecule has 10 nitrogen and oxygen atoms in total. The highest BCUT2D eigenvalue weighted by Crippen LogP contribution is 2.52. The molecule has 3 fully saturated rings. The van der Waals surface area contributed by atoms with Crippen molar-refractivity contribution in [1.29, 1.82) is 0 Å². The second-order valence-electron chi connectivity index (χ2n) is 10.3. The Morgan fingerprint density at radius 3 is 2.54 bits per heavy atom. The molecule has 0 bridgehead atoms. The number of nitrogens with zero attached hydrogens (tertiary/aromatic N) is 5. The van der Waals surface area contributed by atoms with E-state index in [0.717, 1.165) is 32.5 Å². The molecular formula is C26H33F3N5O5-. The number of hydrogen-bond donors (Lipinski definition) is 2. The number of aromatic carboxylic acids is 1. The van der Waals surface area contributed by atoms with Crippen molar-refractivity contribution in [2.45, 2.75) is 31.9 Å². The van der Waals surface area contributed by atoms with Crippen LogP contribution in [0, 0.1) is 17.8 Å². The summed E-state index contributed by atoms with van der Waals surface area (Å²) in [5, 5.41) is 22.6. The summed E-state index contributed by atoms with van der Waals surface area (Å²) < 4.78 is 42.5. The van der Waals surface area contributed by atoms with Crippen molar-refractivity contribution in [3.63, 3.8) is 0 Å². The number of carboxylic acids is 1. The monoisotopic (exact) mass is 552 g/mol. The Morgan fingerprint density at radius 2 is 1.95 bits per heavy atom. The molecule has 214 valence electrons. The van der Waals surface area contributed by atoms with Crippen LogP contribution in [0.25, 0.3) is 5.32 Å². The van der Waals surface area contributed by atoms with Gasteiger partial charge in [0.1, 0.15) is 5.75 Å². The quantitative estimate of drug-likeness (QED) is 0.517. The molecule has 1 aromatic heterocycles. The van der Waals surface area contributed by atoms with E-state index in [4.69, 9.17) is 5.11 Å². The van der Waals surface area contributed by atoms with Crippen LogP contribution < -0.4 is 4.74 Å². The van der Waals surface area contributed by atoms with Crippen molar-refractivity contribution >= 4 is 11.9 Å². The lowest BCUT2D eigenvalue weighted by Gasteiger charge is -2.32. The minimum atomic E-state index is -4.69. The van der Waals surface area contributed by atoms with E-state index >= 15 is 0 Å². The lowest BCUT2D eigenvalue weighted by molar-refractivity contribution is -0.274. The van der Waals surface area contributed by atoms with E-state index in [-0.39, 0.29) is 17.4 Å². The largest absolute Gasteiger partial charge is 0.658 e. The summed E-state index contributed by atoms with van der Waals surface area (Å²) in [7, 11) is 1.72. The number of ether oxygens (including phenoxy) is 1. The number of fused-ring (bicyclic) bond motifs is 1. The number of β-amino-alcohol motifs (C(OH)–C–C–N with tert-alkyl or cyclic N) is 1. The molecule has 3 heterocycles. The Hall–Kier alpha value is -3.16. The Bertz CT molecular complexity index is 1130. The molecule has 2 saturated heterocycles. The second-order valence-corrected chi connectivity index (χ2v) is 10.3. The van der Waals surface area contributed by atoms with Gasteiger partial charge >= 0.3 is 12.3 Å². The Morgan fingerprint density at radius 1 is 1.21 bits per heavy atom. The maximum Gasteiger partial charge on any atom is 0.573 e. The van der Waals surface area contributed by atoms with Gasteiger partial charge in [0.05, 0.1) is 19.0 Å². The average molecular weight is 553 g/mol. The minimum Gasteiger partial charge on any atom is -0.658 e. The van der Waals surface area contributed by atoms with E-state index < -0.39 is 18.4 Å². The number of rotatable bonds is 8. The van der Waals surface area contributed by atoms with Crippen LogP contribution in [-0.2, 0) is 18.4 Å². The second kappa shape index (κ2) is 12.3. The normalized spacial score (nSPS) is 24.5. The first-order valence-corrected chi connectivity index (χ1v) is 12.9. The van der Waals surface area contributed by atoms with Gasteiger partial charge in [-0.3, -0.25) is 9.69 Å². The van der Waals surface area contributed by atoms with Crippen LogP contribution >= 0.6 is 0 Å². The lowest BCUT2D eigenvalue weighted by Crippen LogP contribution is -2.46. The summed E-state index contributed by atoms with van der Waals surface area (Å²) >= 11 is 0. The fourth-order valence-corrected chi connectivity index (χ4v) is 5.32. The predicted molar refractivity (Wildman–Crippen MR) is 134 cm³/mol. The SMILES string of the molecule is Cn1cnc(C(=O)O)c1.O=C(CN1CC2C(C[N-]Cc3cccc(OC(F)(F)F)c3)C2C1)N1CCCC(O)C1. The molecule has 3 unspecified atom stereocenters. The van der Waals surface area contributed by atoms with Crippen LogP contribution in [-0.4, -0.2) is 93.2 Å². The Labute approximate surface area is 224 Å². The zero-order valence-electron chi connectivity index (χ0n) is 21.6. The van der Waals surface area contributed by atoms with Crippen molar-refractivity contribution < 1.29 is 37.7 Å². The van der Waals surface area contributed by atoms with Crippen LogP contribution in [0.2, 0.25) is 0 Å². The first kappa shape index (κ1) is 28.8. The van der Waals surface area contributed by atoms with Gasteiger partial charge in [0.15, 0.2) is 5.69 Å². The predicted octanol–water partition coefficient (Wildman–Crippen LogP) is 2.74. The standard InChI is InChI=1S/C21H27F3N3O3.C5H6N2O2/c22-21(23,24)30-16-5-1-3-14(7-16)8-25-9-17-18-11-26(12-19(17)18)13-20(29)27-6-2-4-15(28)10-27;1-7-2-4(5(8)9)6-3-7/h1,3,5,7,15,17-19,28H,2,4,6,8-13H2;2-3H,1H3,(H,8,9)/q-1;.